The summed E-state index contributed by atoms with van der Waals surface area (Å²) in [7, 11) is 0. The SMILES string of the molecule is CC(c1nnc2cccnn12)C1CNC1. The molecule has 0 bridgehead atoms. The summed E-state index contributed by atoms with van der Waals surface area (Å²) in [5.41, 5.74) is 0.826. The fourth-order valence-electron chi connectivity index (χ4n) is 1.92. The second-order valence-corrected chi connectivity index (χ2v) is 4.06. The Morgan fingerprint density at radius 3 is 3.07 bits per heavy atom. The first-order valence-corrected chi connectivity index (χ1v) is 5.23. The molecule has 15 heavy (non-hydrogen) atoms. The standard InChI is InChI=1S/C10H13N5/c1-7(8-5-11-6-8)10-14-13-9-3-2-4-12-15(9)10/h2-4,7-8,11H,5-6H2,1H3. The highest BCUT2D eigenvalue weighted by Crippen LogP contribution is 2.25. The molecule has 1 N–H and O–H groups in total. The fourth-order valence-corrected chi connectivity index (χ4v) is 1.92. The summed E-state index contributed by atoms with van der Waals surface area (Å²) < 4.78 is 1.84. The van der Waals surface area contributed by atoms with Crippen LogP contribution in [0.1, 0.15) is 18.7 Å². The molecule has 1 atom stereocenters. The predicted octanol–water partition coefficient (Wildman–Crippen LogP) is 0.447. The Morgan fingerprint density at radius 1 is 1.47 bits per heavy atom. The van der Waals surface area contributed by atoms with Gasteiger partial charge in [-0.25, -0.2) is 0 Å². The molecular formula is C10H13N5. The zero-order valence-electron chi connectivity index (χ0n) is 8.59. The average molecular weight is 203 g/mol. The summed E-state index contributed by atoms with van der Waals surface area (Å²) in [5.74, 6) is 2.05. The van der Waals surface area contributed by atoms with E-state index in [4.69, 9.17) is 0 Å². The van der Waals surface area contributed by atoms with Crippen LogP contribution in [0.3, 0.4) is 0 Å². The molecule has 1 aliphatic rings. The van der Waals surface area contributed by atoms with E-state index in [0.29, 0.717) is 11.8 Å². The van der Waals surface area contributed by atoms with Crippen LogP contribution in [0.5, 0.6) is 0 Å². The van der Waals surface area contributed by atoms with Crippen LogP contribution in [0.2, 0.25) is 0 Å². The van der Waals surface area contributed by atoms with Gasteiger partial charge in [-0.1, -0.05) is 6.92 Å². The van der Waals surface area contributed by atoms with Crippen LogP contribution in [-0.2, 0) is 0 Å². The van der Waals surface area contributed by atoms with Crippen LogP contribution in [0, 0.1) is 5.92 Å². The monoisotopic (exact) mass is 203 g/mol. The first kappa shape index (κ1) is 8.79. The lowest BCUT2D eigenvalue weighted by molar-refractivity contribution is 0.293. The van der Waals surface area contributed by atoms with E-state index in [1.54, 1.807) is 6.20 Å². The third-order valence-electron chi connectivity index (χ3n) is 3.13. The number of nitrogens with one attached hydrogen (secondary N) is 1. The normalized spacial score (nSPS) is 19.0. The molecule has 78 valence electrons. The predicted molar refractivity (Wildman–Crippen MR) is 55.6 cm³/mol. The Hall–Kier alpha value is -1.49. The summed E-state index contributed by atoms with van der Waals surface area (Å²) in [6.07, 6.45) is 1.77. The Bertz CT molecular complexity index is 473. The zero-order chi connectivity index (χ0) is 10.3. The summed E-state index contributed by atoms with van der Waals surface area (Å²) in [5, 5.41) is 15.9. The van der Waals surface area contributed by atoms with Crippen LogP contribution in [0.4, 0.5) is 0 Å². The van der Waals surface area contributed by atoms with Crippen LogP contribution in [0.25, 0.3) is 5.65 Å². The Morgan fingerprint density at radius 2 is 2.33 bits per heavy atom. The highest BCUT2D eigenvalue weighted by molar-refractivity contribution is 5.35. The molecule has 5 heteroatoms. The molecule has 5 nitrogen and oxygen atoms in total. The number of hydrogen-bond donors (Lipinski definition) is 1. The quantitative estimate of drug-likeness (QED) is 0.769. The van der Waals surface area contributed by atoms with E-state index >= 15 is 0 Å². The van der Waals surface area contributed by atoms with Gasteiger partial charge in [-0.2, -0.15) is 9.61 Å². The van der Waals surface area contributed by atoms with Crippen LogP contribution >= 0.6 is 0 Å². The molecule has 3 rings (SSSR count). The maximum Gasteiger partial charge on any atom is 0.177 e. The van der Waals surface area contributed by atoms with Crippen molar-refractivity contribution in [2.24, 2.45) is 5.92 Å². The number of hydrogen-bond acceptors (Lipinski definition) is 4. The van der Waals surface area contributed by atoms with Gasteiger partial charge >= 0.3 is 0 Å². The van der Waals surface area contributed by atoms with Crippen molar-refractivity contribution in [2.45, 2.75) is 12.8 Å². The van der Waals surface area contributed by atoms with E-state index in [-0.39, 0.29) is 0 Å². The van der Waals surface area contributed by atoms with E-state index in [2.05, 4.69) is 27.5 Å². The van der Waals surface area contributed by atoms with Gasteiger partial charge in [-0.05, 0) is 31.1 Å². The second kappa shape index (κ2) is 3.27. The molecule has 2 aromatic rings. The Labute approximate surface area is 87.5 Å². The van der Waals surface area contributed by atoms with E-state index in [9.17, 15) is 0 Å². The van der Waals surface area contributed by atoms with Crippen LogP contribution in [0.15, 0.2) is 18.3 Å². The highest BCUT2D eigenvalue weighted by Gasteiger charge is 2.28. The number of rotatable bonds is 2. The minimum Gasteiger partial charge on any atom is -0.316 e. The number of aromatic nitrogens is 4. The van der Waals surface area contributed by atoms with Gasteiger partial charge in [-0.3, -0.25) is 0 Å². The largest absolute Gasteiger partial charge is 0.316 e. The van der Waals surface area contributed by atoms with Crippen molar-refractivity contribution in [3.63, 3.8) is 0 Å². The lowest BCUT2D eigenvalue weighted by Gasteiger charge is -2.31. The van der Waals surface area contributed by atoms with Gasteiger partial charge in [-0.15, -0.1) is 10.2 Å². The first-order valence-electron chi connectivity index (χ1n) is 5.23. The molecule has 1 unspecified atom stereocenters. The van der Waals surface area contributed by atoms with Crippen molar-refractivity contribution < 1.29 is 0 Å². The molecule has 3 heterocycles. The third-order valence-corrected chi connectivity index (χ3v) is 3.13. The van der Waals surface area contributed by atoms with E-state index in [1.807, 2.05) is 16.6 Å². The van der Waals surface area contributed by atoms with Crippen molar-refractivity contribution in [3.05, 3.63) is 24.2 Å². The molecule has 0 saturated carbocycles. The van der Waals surface area contributed by atoms with Gasteiger partial charge in [0, 0.05) is 12.1 Å². The van der Waals surface area contributed by atoms with Gasteiger partial charge in [0.25, 0.3) is 0 Å². The summed E-state index contributed by atoms with van der Waals surface area (Å²) in [4.78, 5) is 0. The maximum absolute atomic E-state index is 4.27. The van der Waals surface area contributed by atoms with E-state index < -0.39 is 0 Å². The van der Waals surface area contributed by atoms with E-state index in [0.717, 1.165) is 24.6 Å². The Balaban J connectivity index is 2.02. The van der Waals surface area contributed by atoms with Crippen molar-refractivity contribution in [2.75, 3.05) is 13.1 Å². The average Bonchev–Trinajstić information content (AvgIpc) is 2.58. The second-order valence-electron chi connectivity index (χ2n) is 4.06. The van der Waals surface area contributed by atoms with Crippen molar-refractivity contribution in [1.29, 1.82) is 0 Å². The molecule has 1 saturated heterocycles. The van der Waals surface area contributed by atoms with Gasteiger partial charge < -0.3 is 5.32 Å². The van der Waals surface area contributed by atoms with Crippen molar-refractivity contribution >= 4 is 5.65 Å². The molecule has 1 fully saturated rings. The van der Waals surface area contributed by atoms with Gasteiger partial charge in [0.2, 0.25) is 0 Å². The molecule has 1 aliphatic heterocycles. The molecular weight excluding hydrogens is 190 g/mol. The summed E-state index contributed by atoms with van der Waals surface area (Å²) in [6, 6.07) is 3.80. The number of fused-ring (bicyclic) bond motifs is 1. The Kier molecular flexibility index (Phi) is 1.92. The first-order chi connectivity index (χ1) is 7.36. The highest BCUT2D eigenvalue weighted by atomic mass is 15.4. The molecule has 2 aromatic heterocycles. The van der Waals surface area contributed by atoms with Crippen LogP contribution in [-0.4, -0.2) is 32.9 Å². The van der Waals surface area contributed by atoms with Gasteiger partial charge in [0.05, 0.1) is 0 Å². The topological polar surface area (TPSA) is 55.1 Å². The maximum atomic E-state index is 4.27. The lowest BCUT2D eigenvalue weighted by Crippen LogP contribution is -2.45. The van der Waals surface area contributed by atoms with Crippen molar-refractivity contribution in [3.8, 4) is 0 Å². The lowest BCUT2D eigenvalue weighted by atomic mass is 9.88. The fraction of sp³-hybridized carbons (Fsp3) is 0.500. The molecule has 0 radical (unpaired) electrons. The third kappa shape index (κ3) is 1.31. The smallest absolute Gasteiger partial charge is 0.177 e. The summed E-state index contributed by atoms with van der Waals surface area (Å²) >= 11 is 0. The van der Waals surface area contributed by atoms with Crippen LogP contribution < -0.4 is 5.32 Å². The van der Waals surface area contributed by atoms with Crippen molar-refractivity contribution in [1.82, 2.24) is 25.1 Å². The van der Waals surface area contributed by atoms with Gasteiger partial charge in [0.1, 0.15) is 0 Å². The zero-order valence-corrected chi connectivity index (χ0v) is 8.59. The minimum atomic E-state index is 0.413. The molecule has 0 aliphatic carbocycles. The molecule has 0 aromatic carbocycles. The minimum absolute atomic E-state index is 0.413. The molecule has 0 spiro atoms. The molecule has 0 amide bonds. The van der Waals surface area contributed by atoms with E-state index in [1.165, 1.54) is 0 Å². The van der Waals surface area contributed by atoms with Gasteiger partial charge in [0.15, 0.2) is 11.5 Å². The number of nitrogens with zero attached hydrogens (tertiary/aromatic N) is 4. The summed E-state index contributed by atoms with van der Waals surface area (Å²) in [6.45, 7) is 4.34.